The molecule has 0 radical (unpaired) electrons. The van der Waals surface area contributed by atoms with E-state index in [2.05, 4.69) is 4.98 Å². The maximum atomic E-state index is 5.62. The Hall–Kier alpha value is -0.480. The summed E-state index contributed by atoms with van der Waals surface area (Å²) in [5, 5.41) is 0. The lowest BCUT2D eigenvalue weighted by atomic mass is 10.4. The topological polar surface area (TPSA) is 43.8 Å². The number of nitrogens with zero attached hydrogens (tertiary/aromatic N) is 2. The number of rotatable bonds is 4. The zero-order valence-corrected chi connectivity index (χ0v) is 8.34. The van der Waals surface area contributed by atoms with Crippen molar-refractivity contribution in [1.82, 2.24) is 9.55 Å². The van der Waals surface area contributed by atoms with Crippen LogP contribution in [0.5, 0.6) is 0 Å². The van der Waals surface area contributed by atoms with Gasteiger partial charge < -0.3 is 10.3 Å². The predicted molar refractivity (Wildman–Crippen MR) is 53.0 cm³/mol. The van der Waals surface area contributed by atoms with Crippen molar-refractivity contribution >= 4 is 11.8 Å². The van der Waals surface area contributed by atoms with Crippen molar-refractivity contribution in [2.24, 2.45) is 12.8 Å². The minimum atomic E-state index is 0.273. The molecule has 1 heterocycles. The number of hydrogen-bond donors (Lipinski definition) is 1. The van der Waals surface area contributed by atoms with Crippen molar-refractivity contribution < 1.29 is 0 Å². The lowest BCUT2D eigenvalue weighted by Crippen LogP contribution is -2.17. The van der Waals surface area contributed by atoms with E-state index in [-0.39, 0.29) is 6.04 Å². The zero-order valence-electron chi connectivity index (χ0n) is 7.53. The molecule has 1 aromatic heterocycles. The molecule has 1 rings (SSSR count). The van der Waals surface area contributed by atoms with E-state index >= 15 is 0 Å². The molecule has 1 unspecified atom stereocenters. The summed E-state index contributed by atoms with van der Waals surface area (Å²) < 4.78 is 2.04. The fourth-order valence-electron chi connectivity index (χ4n) is 0.872. The first-order valence-electron chi connectivity index (χ1n) is 3.99. The first-order chi connectivity index (χ1) is 5.70. The van der Waals surface area contributed by atoms with Crippen molar-refractivity contribution in [3.8, 4) is 0 Å². The molecule has 0 saturated heterocycles. The van der Waals surface area contributed by atoms with E-state index in [1.165, 1.54) is 0 Å². The van der Waals surface area contributed by atoms with Crippen molar-refractivity contribution in [2.75, 3.05) is 5.75 Å². The summed E-state index contributed by atoms with van der Waals surface area (Å²) in [4.78, 5) is 4.21. The van der Waals surface area contributed by atoms with Gasteiger partial charge in [0, 0.05) is 31.2 Å². The van der Waals surface area contributed by atoms with Gasteiger partial charge in [-0.05, 0) is 6.92 Å². The van der Waals surface area contributed by atoms with E-state index < -0.39 is 0 Å². The van der Waals surface area contributed by atoms with Crippen molar-refractivity contribution in [1.29, 1.82) is 0 Å². The minimum Gasteiger partial charge on any atom is -0.337 e. The summed E-state index contributed by atoms with van der Waals surface area (Å²) >= 11 is 1.82. The second kappa shape index (κ2) is 4.52. The van der Waals surface area contributed by atoms with Crippen molar-refractivity contribution in [3.05, 3.63) is 18.2 Å². The zero-order chi connectivity index (χ0) is 8.97. The van der Waals surface area contributed by atoms with Crippen LogP contribution in [-0.4, -0.2) is 21.3 Å². The summed E-state index contributed by atoms with van der Waals surface area (Å²) in [7, 11) is 2.01. The summed E-state index contributed by atoms with van der Waals surface area (Å²) in [5.41, 5.74) is 5.62. The van der Waals surface area contributed by atoms with E-state index in [9.17, 15) is 0 Å². The summed E-state index contributed by atoms with van der Waals surface area (Å²) in [6.45, 7) is 2.02. The maximum Gasteiger partial charge on any atom is 0.118 e. The molecule has 0 aliphatic heterocycles. The van der Waals surface area contributed by atoms with Crippen LogP contribution in [0.15, 0.2) is 12.4 Å². The van der Waals surface area contributed by atoms with Crippen LogP contribution in [0.1, 0.15) is 12.7 Å². The molecule has 0 spiro atoms. The third-order valence-corrected chi connectivity index (χ3v) is 2.76. The fourth-order valence-corrected chi connectivity index (χ4v) is 1.82. The Kier molecular flexibility index (Phi) is 3.62. The van der Waals surface area contributed by atoms with Crippen molar-refractivity contribution in [2.45, 2.75) is 18.7 Å². The van der Waals surface area contributed by atoms with E-state index in [0.29, 0.717) is 0 Å². The molecule has 0 aliphatic rings. The molecule has 2 N–H and O–H groups in total. The molecule has 3 nitrogen and oxygen atoms in total. The monoisotopic (exact) mass is 185 g/mol. The van der Waals surface area contributed by atoms with Crippen LogP contribution >= 0.6 is 11.8 Å². The molecule has 12 heavy (non-hydrogen) atoms. The SMILES string of the molecule is CC(N)CSCc1nccn1C. The molecule has 0 fully saturated rings. The molecular formula is C8H15N3S. The van der Waals surface area contributed by atoms with Crippen molar-refractivity contribution in [3.63, 3.8) is 0 Å². The quantitative estimate of drug-likeness (QED) is 0.761. The average molecular weight is 185 g/mol. The van der Waals surface area contributed by atoms with Gasteiger partial charge >= 0.3 is 0 Å². The van der Waals surface area contributed by atoms with Gasteiger partial charge in [-0.3, -0.25) is 0 Å². The van der Waals surface area contributed by atoms with Crippen LogP contribution in [0.3, 0.4) is 0 Å². The third kappa shape index (κ3) is 2.87. The highest BCUT2D eigenvalue weighted by atomic mass is 32.2. The number of hydrogen-bond acceptors (Lipinski definition) is 3. The molecule has 0 saturated carbocycles. The second-order valence-corrected chi connectivity index (χ2v) is 3.98. The Labute approximate surface area is 77.4 Å². The van der Waals surface area contributed by atoms with Gasteiger partial charge in [0.15, 0.2) is 0 Å². The smallest absolute Gasteiger partial charge is 0.118 e. The van der Waals surface area contributed by atoms with Gasteiger partial charge in [0.25, 0.3) is 0 Å². The normalized spacial score (nSPS) is 13.2. The van der Waals surface area contributed by atoms with Gasteiger partial charge in [-0.1, -0.05) is 0 Å². The van der Waals surface area contributed by atoms with Crippen LogP contribution < -0.4 is 5.73 Å². The maximum absolute atomic E-state index is 5.62. The van der Waals surface area contributed by atoms with Crippen LogP contribution in [0.2, 0.25) is 0 Å². The Balaban J connectivity index is 2.29. The largest absolute Gasteiger partial charge is 0.337 e. The van der Waals surface area contributed by atoms with Gasteiger partial charge in [-0.25, -0.2) is 4.98 Å². The molecule has 68 valence electrons. The summed E-state index contributed by atoms with van der Waals surface area (Å²) in [6.07, 6.45) is 3.78. The van der Waals surface area contributed by atoms with E-state index in [0.717, 1.165) is 17.3 Å². The molecular weight excluding hydrogens is 170 g/mol. The number of imidazole rings is 1. The highest BCUT2D eigenvalue weighted by Gasteiger charge is 1.99. The Morgan fingerprint density at radius 2 is 2.50 bits per heavy atom. The average Bonchev–Trinajstić information content (AvgIpc) is 2.36. The van der Waals surface area contributed by atoms with E-state index in [1.54, 1.807) is 0 Å². The number of thioether (sulfide) groups is 1. The molecule has 1 atom stereocenters. The summed E-state index contributed by atoms with van der Waals surface area (Å²) in [6, 6.07) is 0.273. The third-order valence-electron chi connectivity index (χ3n) is 1.53. The standard InChI is InChI=1S/C8H15N3S/c1-7(9)5-12-6-8-10-3-4-11(8)2/h3-4,7H,5-6,9H2,1-2H3. The lowest BCUT2D eigenvalue weighted by Gasteiger charge is -2.04. The Morgan fingerprint density at radius 3 is 3.00 bits per heavy atom. The van der Waals surface area contributed by atoms with Crippen LogP contribution in [0.4, 0.5) is 0 Å². The second-order valence-electron chi connectivity index (χ2n) is 2.95. The highest BCUT2D eigenvalue weighted by Crippen LogP contribution is 2.09. The first kappa shape index (κ1) is 9.61. The van der Waals surface area contributed by atoms with Crippen LogP contribution in [0, 0.1) is 0 Å². The lowest BCUT2D eigenvalue weighted by molar-refractivity contribution is 0.834. The molecule has 1 aromatic rings. The van der Waals surface area contributed by atoms with Gasteiger partial charge in [0.05, 0.1) is 5.75 Å². The van der Waals surface area contributed by atoms with E-state index in [4.69, 9.17) is 5.73 Å². The van der Waals surface area contributed by atoms with Gasteiger partial charge in [-0.15, -0.1) is 0 Å². The molecule has 0 aliphatic carbocycles. The number of aromatic nitrogens is 2. The fraction of sp³-hybridized carbons (Fsp3) is 0.625. The predicted octanol–water partition coefficient (Wildman–Crippen LogP) is 1.00. The Morgan fingerprint density at radius 1 is 1.75 bits per heavy atom. The van der Waals surface area contributed by atoms with E-state index in [1.807, 2.05) is 42.7 Å². The molecule has 4 heteroatoms. The van der Waals surface area contributed by atoms with Crippen LogP contribution in [-0.2, 0) is 12.8 Å². The Bertz CT molecular complexity index is 232. The molecule has 0 bridgehead atoms. The summed E-state index contributed by atoms with van der Waals surface area (Å²) in [5.74, 6) is 3.05. The molecule has 0 amide bonds. The van der Waals surface area contributed by atoms with Gasteiger partial charge in [-0.2, -0.15) is 11.8 Å². The van der Waals surface area contributed by atoms with Gasteiger partial charge in [0.1, 0.15) is 5.82 Å². The number of aryl methyl sites for hydroxylation is 1. The highest BCUT2D eigenvalue weighted by molar-refractivity contribution is 7.98. The number of nitrogens with two attached hydrogens (primary N) is 1. The van der Waals surface area contributed by atoms with Crippen LogP contribution in [0.25, 0.3) is 0 Å². The molecule has 0 aromatic carbocycles. The van der Waals surface area contributed by atoms with Gasteiger partial charge in [0.2, 0.25) is 0 Å². The first-order valence-corrected chi connectivity index (χ1v) is 5.15. The minimum absolute atomic E-state index is 0.273.